The van der Waals surface area contributed by atoms with Crippen molar-refractivity contribution in [3.05, 3.63) is 35.9 Å². The van der Waals surface area contributed by atoms with Crippen LogP contribution in [-0.2, 0) is 9.59 Å². The van der Waals surface area contributed by atoms with Gasteiger partial charge in [0.1, 0.15) is 0 Å². The largest absolute Gasteiger partial charge is 0.281 e. The first-order valence-electron chi connectivity index (χ1n) is 4.95. The van der Waals surface area contributed by atoms with Gasteiger partial charge in [-0.1, -0.05) is 37.3 Å². The van der Waals surface area contributed by atoms with Crippen molar-refractivity contribution in [1.82, 2.24) is 0 Å². The van der Waals surface area contributed by atoms with Crippen LogP contribution in [0.1, 0.15) is 24.8 Å². The molecule has 0 N–H and O–H groups in total. The molecule has 1 aromatic carbocycles. The molecule has 1 rings (SSSR count). The molecular weight excluding hydrogens is 247 g/mol. The Morgan fingerprint density at radius 1 is 1.19 bits per heavy atom. The fourth-order valence-corrected chi connectivity index (χ4v) is 2.05. The minimum Gasteiger partial charge on any atom is -0.281 e. The molecule has 0 radical (unpaired) electrons. The quantitative estimate of drug-likeness (QED) is 0.760. The minimum atomic E-state index is -0.561. The lowest BCUT2D eigenvalue weighted by Gasteiger charge is -2.19. The average Bonchev–Trinajstić information content (AvgIpc) is 2.25. The van der Waals surface area contributed by atoms with Crippen molar-refractivity contribution in [2.24, 2.45) is 5.92 Å². The van der Waals surface area contributed by atoms with Gasteiger partial charge in [0, 0.05) is 12.3 Å². The third-order valence-corrected chi connectivity index (χ3v) is 3.04. The highest BCUT2D eigenvalue weighted by Crippen LogP contribution is 2.29. The molecule has 16 heavy (non-hydrogen) atoms. The van der Waals surface area contributed by atoms with Gasteiger partial charge in [0.15, 0.2) is 0 Å². The van der Waals surface area contributed by atoms with Gasteiger partial charge in [0.2, 0.25) is 10.5 Å². The molecule has 0 saturated heterocycles. The molecule has 0 fully saturated rings. The Balaban J connectivity index is 2.87. The Labute approximate surface area is 105 Å². The molecule has 2 unspecified atom stereocenters. The van der Waals surface area contributed by atoms with Gasteiger partial charge in [0.25, 0.3) is 0 Å². The van der Waals surface area contributed by atoms with Gasteiger partial charge < -0.3 is 0 Å². The maximum absolute atomic E-state index is 11.2. The zero-order valence-corrected chi connectivity index (χ0v) is 10.3. The molecule has 1 aromatic rings. The van der Waals surface area contributed by atoms with Gasteiger partial charge in [0.05, 0.1) is 0 Å². The number of halogens is 2. The van der Waals surface area contributed by atoms with Crippen LogP contribution in [0, 0.1) is 5.92 Å². The SMILES string of the molecule is CC(c1ccccc1)C(CC(=O)Cl)C(=O)Cl. The van der Waals surface area contributed by atoms with E-state index < -0.39 is 16.4 Å². The number of rotatable bonds is 5. The van der Waals surface area contributed by atoms with E-state index in [4.69, 9.17) is 23.2 Å². The Morgan fingerprint density at radius 3 is 2.19 bits per heavy atom. The average molecular weight is 259 g/mol. The van der Waals surface area contributed by atoms with Gasteiger partial charge >= 0.3 is 0 Å². The summed E-state index contributed by atoms with van der Waals surface area (Å²) < 4.78 is 0. The molecule has 2 nitrogen and oxygen atoms in total. The van der Waals surface area contributed by atoms with E-state index in [2.05, 4.69) is 0 Å². The van der Waals surface area contributed by atoms with Gasteiger partial charge in [-0.15, -0.1) is 0 Å². The summed E-state index contributed by atoms with van der Waals surface area (Å²) in [5, 5.41) is -1.06. The summed E-state index contributed by atoms with van der Waals surface area (Å²) in [6.45, 7) is 1.86. The Kier molecular flexibility index (Phi) is 4.97. The molecule has 0 aliphatic carbocycles. The molecule has 0 spiro atoms. The van der Waals surface area contributed by atoms with Gasteiger partial charge in [-0.25, -0.2) is 0 Å². The molecule has 86 valence electrons. The number of hydrogen-bond donors (Lipinski definition) is 0. The summed E-state index contributed by atoms with van der Waals surface area (Å²) in [6, 6.07) is 9.45. The van der Waals surface area contributed by atoms with Crippen molar-refractivity contribution in [2.75, 3.05) is 0 Å². The summed E-state index contributed by atoms with van der Waals surface area (Å²) in [4.78, 5) is 22.1. The Hall–Kier alpha value is -0.860. The number of hydrogen-bond acceptors (Lipinski definition) is 2. The van der Waals surface area contributed by atoms with Crippen molar-refractivity contribution in [3.8, 4) is 0 Å². The highest BCUT2D eigenvalue weighted by Gasteiger charge is 2.26. The second-order valence-electron chi connectivity index (χ2n) is 3.67. The van der Waals surface area contributed by atoms with E-state index >= 15 is 0 Å². The monoisotopic (exact) mass is 258 g/mol. The summed E-state index contributed by atoms with van der Waals surface area (Å²) in [7, 11) is 0. The minimum absolute atomic E-state index is 0.0278. The highest BCUT2D eigenvalue weighted by molar-refractivity contribution is 6.66. The third kappa shape index (κ3) is 3.62. The van der Waals surface area contributed by atoms with E-state index in [9.17, 15) is 9.59 Å². The zero-order chi connectivity index (χ0) is 12.1. The molecular formula is C12H12Cl2O2. The van der Waals surface area contributed by atoms with Crippen LogP contribution in [0.15, 0.2) is 30.3 Å². The van der Waals surface area contributed by atoms with Crippen LogP contribution < -0.4 is 0 Å². The number of carbonyl (C=O) groups is 2. The van der Waals surface area contributed by atoms with Gasteiger partial charge in [-0.05, 0) is 34.7 Å². The smallest absolute Gasteiger partial charge is 0.225 e. The van der Waals surface area contributed by atoms with Crippen molar-refractivity contribution >= 4 is 33.7 Å². The zero-order valence-electron chi connectivity index (χ0n) is 8.82. The number of carbonyl (C=O) groups excluding carboxylic acids is 2. The lowest BCUT2D eigenvalue weighted by Crippen LogP contribution is -2.18. The summed E-state index contributed by atoms with van der Waals surface area (Å²) in [6.07, 6.45) is -0.0278. The van der Waals surface area contributed by atoms with E-state index in [-0.39, 0.29) is 12.3 Å². The lowest BCUT2D eigenvalue weighted by molar-refractivity contribution is -0.120. The van der Waals surface area contributed by atoms with E-state index in [1.807, 2.05) is 37.3 Å². The molecule has 0 aromatic heterocycles. The van der Waals surface area contributed by atoms with Crippen molar-refractivity contribution in [1.29, 1.82) is 0 Å². The van der Waals surface area contributed by atoms with Crippen LogP contribution in [0.3, 0.4) is 0 Å². The second-order valence-corrected chi connectivity index (χ2v) is 4.46. The van der Waals surface area contributed by atoms with Gasteiger partial charge in [-0.3, -0.25) is 9.59 Å². The van der Waals surface area contributed by atoms with E-state index in [0.29, 0.717) is 0 Å². The molecule has 2 atom stereocenters. The van der Waals surface area contributed by atoms with Crippen LogP contribution >= 0.6 is 23.2 Å². The molecule has 0 aliphatic rings. The van der Waals surface area contributed by atoms with Crippen LogP contribution in [-0.4, -0.2) is 10.5 Å². The first-order valence-corrected chi connectivity index (χ1v) is 5.70. The van der Waals surface area contributed by atoms with E-state index in [1.54, 1.807) is 0 Å². The van der Waals surface area contributed by atoms with Gasteiger partial charge in [-0.2, -0.15) is 0 Å². The fourth-order valence-electron chi connectivity index (χ4n) is 1.62. The van der Waals surface area contributed by atoms with Crippen molar-refractivity contribution in [2.45, 2.75) is 19.3 Å². The first kappa shape index (κ1) is 13.2. The standard InChI is InChI=1S/C12H12Cl2O2/c1-8(9-5-3-2-4-6-9)10(12(14)16)7-11(13)15/h2-6,8,10H,7H2,1H3. The normalized spacial score (nSPS) is 14.2. The maximum atomic E-state index is 11.2. The van der Waals surface area contributed by atoms with Crippen LogP contribution in [0.5, 0.6) is 0 Å². The summed E-state index contributed by atoms with van der Waals surface area (Å²) >= 11 is 10.8. The fraction of sp³-hybridized carbons (Fsp3) is 0.333. The van der Waals surface area contributed by atoms with Crippen molar-refractivity contribution in [3.63, 3.8) is 0 Å². The molecule has 0 aliphatic heterocycles. The molecule has 0 bridgehead atoms. The predicted molar refractivity (Wildman–Crippen MR) is 64.7 cm³/mol. The van der Waals surface area contributed by atoms with Crippen LogP contribution in [0.2, 0.25) is 0 Å². The molecule has 0 heterocycles. The van der Waals surface area contributed by atoms with E-state index in [0.717, 1.165) is 5.56 Å². The van der Waals surface area contributed by atoms with Crippen LogP contribution in [0.25, 0.3) is 0 Å². The molecule has 0 saturated carbocycles. The van der Waals surface area contributed by atoms with E-state index in [1.165, 1.54) is 0 Å². The lowest BCUT2D eigenvalue weighted by atomic mass is 9.86. The molecule has 0 amide bonds. The maximum Gasteiger partial charge on any atom is 0.225 e. The Bertz CT molecular complexity index is 376. The van der Waals surface area contributed by atoms with Crippen molar-refractivity contribution < 1.29 is 9.59 Å². The predicted octanol–water partition coefficient (Wildman–Crippen LogP) is 3.33. The topological polar surface area (TPSA) is 34.1 Å². The second kappa shape index (κ2) is 6.02. The summed E-state index contributed by atoms with van der Waals surface area (Å²) in [5.41, 5.74) is 0.972. The van der Waals surface area contributed by atoms with Crippen LogP contribution in [0.4, 0.5) is 0 Å². The number of benzene rings is 1. The summed E-state index contributed by atoms with van der Waals surface area (Å²) in [5.74, 6) is -0.678. The third-order valence-electron chi connectivity index (χ3n) is 2.60. The first-order chi connectivity index (χ1) is 7.52. The molecule has 4 heteroatoms. The Morgan fingerprint density at radius 2 is 1.75 bits per heavy atom. The highest BCUT2D eigenvalue weighted by atomic mass is 35.5.